The second kappa shape index (κ2) is 7.17. The number of ether oxygens (including phenoxy) is 1. The zero-order valence-corrected chi connectivity index (χ0v) is 16.1. The fourth-order valence-electron chi connectivity index (χ4n) is 2.53. The van der Waals surface area contributed by atoms with Crippen molar-refractivity contribution in [2.75, 3.05) is 12.4 Å². The van der Waals surface area contributed by atoms with Gasteiger partial charge in [-0.15, -0.1) is 10.2 Å². The Balaban J connectivity index is 1.71. The Morgan fingerprint density at radius 2 is 2.08 bits per heavy atom. The Morgan fingerprint density at radius 3 is 2.72 bits per heavy atom. The van der Waals surface area contributed by atoms with Gasteiger partial charge in [-0.2, -0.15) is 0 Å². The lowest BCUT2D eigenvalue weighted by molar-refractivity contribution is 0.0599. The third-order valence-corrected chi connectivity index (χ3v) is 6.07. The SMILES string of the molecule is COC(=O)c1c(C)[nH]c(C(=O)[C@@H](C)Sc2nnc(NC3CC3)s2)c1C. The van der Waals surface area contributed by atoms with Crippen LogP contribution in [0.25, 0.3) is 0 Å². The van der Waals surface area contributed by atoms with Crippen LogP contribution in [0.1, 0.15) is 51.9 Å². The largest absolute Gasteiger partial charge is 0.465 e. The molecule has 2 N–H and O–H groups in total. The molecule has 0 aliphatic heterocycles. The van der Waals surface area contributed by atoms with Gasteiger partial charge in [-0.1, -0.05) is 23.1 Å². The van der Waals surface area contributed by atoms with E-state index in [0.29, 0.717) is 28.6 Å². The number of Topliss-reactive ketones (excluding diaryl/α,β-unsaturated/α-hetero) is 1. The Labute approximate surface area is 153 Å². The zero-order valence-electron chi connectivity index (χ0n) is 14.5. The number of aryl methyl sites for hydroxylation is 1. The van der Waals surface area contributed by atoms with Gasteiger partial charge in [0.1, 0.15) is 0 Å². The molecule has 2 heterocycles. The lowest BCUT2D eigenvalue weighted by Gasteiger charge is -2.07. The molecule has 1 saturated carbocycles. The molecule has 9 heteroatoms. The second-order valence-electron chi connectivity index (χ2n) is 6.03. The van der Waals surface area contributed by atoms with Crippen molar-refractivity contribution in [3.8, 4) is 0 Å². The molecule has 0 radical (unpaired) electrons. The first-order valence-electron chi connectivity index (χ1n) is 7.99. The number of thioether (sulfide) groups is 1. The van der Waals surface area contributed by atoms with Crippen LogP contribution in [0.3, 0.4) is 0 Å². The van der Waals surface area contributed by atoms with Crippen LogP contribution in [0.2, 0.25) is 0 Å². The van der Waals surface area contributed by atoms with Crippen LogP contribution in [0, 0.1) is 13.8 Å². The molecule has 1 aliphatic carbocycles. The number of H-pyrrole nitrogens is 1. The van der Waals surface area contributed by atoms with Crippen molar-refractivity contribution < 1.29 is 14.3 Å². The summed E-state index contributed by atoms with van der Waals surface area (Å²) in [6, 6.07) is 0.520. The molecule has 1 aliphatic rings. The van der Waals surface area contributed by atoms with E-state index < -0.39 is 5.97 Å². The molecule has 25 heavy (non-hydrogen) atoms. The number of rotatable bonds is 7. The number of aromatic amines is 1. The van der Waals surface area contributed by atoms with Gasteiger partial charge in [-0.05, 0) is 39.2 Å². The van der Waals surface area contributed by atoms with E-state index in [2.05, 4.69) is 20.5 Å². The number of anilines is 1. The van der Waals surface area contributed by atoms with Crippen LogP contribution in [0.15, 0.2) is 4.34 Å². The molecule has 2 aromatic heterocycles. The average molecular weight is 380 g/mol. The molecule has 0 amide bonds. The van der Waals surface area contributed by atoms with Gasteiger partial charge in [-0.3, -0.25) is 4.79 Å². The lowest BCUT2D eigenvalue weighted by Crippen LogP contribution is -2.15. The fourth-order valence-corrected chi connectivity index (χ4v) is 4.56. The van der Waals surface area contributed by atoms with Crippen LogP contribution in [-0.4, -0.2) is 45.3 Å². The highest BCUT2D eigenvalue weighted by molar-refractivity contribution is 8.02. The molecule has 0 bridgehead atoms. The predicted molar refractivity (Wildman–Crippen MR) is 97.8 cm³/mol. The highest BCUT2D eigenvalue weighted by Crippen LogP contribution is 2.33. The summed E-state index contributed by atoms with van der Waals surface area (Å²) in [7, 11) is 1.33. The first-order valence-corrected chi connectivity index (χ1v) is 9.68. The lowest BCUT2D eigenvalue weighted by atomic mass is 10.1. The van der Waals surface area contributed by atoms with E-state index in [0.717, 1.165) is 9.47 Å². The monoisotopic (exact) mass is 380 g/mol. The molecule has 3 rings (SSSR count). The Morgan fingerprint density at radius 1 is 1.36 bits per heavy atom. The van der Waals surface area contributed by atoms with Crippen LogP contribution in [-0.2, 0) is 4.74 Å². The number of nitrogens with one attached hydrogen (secondary N) is 2. The summed E-state index contributed by atoms with van der Waals surface area (Å²) in [5.74, 6) is -0.516. The third kappa shape index (κ3) is 3.87. The quantitative estimate of drug-likeness (QED) is 0.432. The number of methoxy groups -OCH3 is 1. The van der Waals surface area contributed by atoms with Crippen molar-refractivity contribution >= 4 is 40.0 Å². The zero-order chi connectivity index (χ0) is 18.1. The average Bonchev–Trinajstić information content (AvgIpc) is 3.20. The van der Waals surface area contributed by atoms with E-state index in [9.17, 15) is 9.59 Å². The molecule has 134 valence electrons. The van der Waals surface area contributed by atoms with E-state index >= 15 is 0 Å². The third-order valence-electron chi connectivity index (χ3n) is 4.03. The van der Waals surface area contributed by atoms with Crippen molar-refractivity contribution in [2.24, 2.45) is 0 Å². The summed E-state index contributed by atoms with van der Waals surface area (Å²) in [5.41, 5.74) is 2.13. The Hall–Kier alpha value is -1.87. The number of carbonyl (C=O) groups excluding carboxylic acids is 2. The number of carbonyl (C=O) groups is 2. The maximum Gasteiger partial charge on any atom is 0.339 e. The minimum absolute atomic E-state index is 0.0762. The van der Waals surface area contributed by atoms with Gasteiger partial charge in [0.15, 0.2) is 10.1 Å². The van der Waals surface area contributed by atoms with E-state index in [1.807, 2.05) is 6.92 Å². The minimum atomic E-state index is -0.439. The first kappa shape index (κ1) is 17.9. The molecule has 0 aromatic carbocycles. The molecular weight excluding hydrogens is 360 g/mol. The van der Waals surface area contributed by atoms with Gasteiger partial charge in [-0.25, -0.2) is 4.79 Å². The van der Waals surface area contributed by atoms with Crippen molar-refractivity contribution in [1.29, 1.82) is 0 Å². The number of hydrogen-bond donors (Lipinski definition) is 2. The molecule has 2 aromatic rings. The van der Waals surface area contributed by atoms with E-state index in [-0.39, 0.29) is 11.0 Å². The summed E-state index contributed by atoms with van der Waals surface area (Å²) in [5, 5.41) is 12.0. The topological polar surface area (TPSA) is 97.0 Å². The van der Waals surface area contributed by atoms with Crippen LogP contribution >= 0.6 is 23.1 Å². The highest BCUT2D eigenvalue weighted by atomic mass is 32.2. The molecular formula is C16H20N4O3S2. The van der Waals surface area contributed by atoms with Gasteiger partial charge in [0, 0.05) is 11.7 Å². The standard InChI is InChI=1S/C16H20N4O3S2/c1-7-11(14(22)23-4)8(2)17-12(7)13(21)9(3)24-16-20-19-15(25-16)18-10-5-6-10/h9-10,17H,5-6H2,1-4H3,(H,18,19)/t9-/m1/s1. The normalized spacial score (nSPS) is 15.0. The van der Waals surface area contributed by atoms with Gasteiger partial charge in [0.2, 0.25) is 5.13 Å². The number of hydrogen-bond acceptors (Lipinski definition) is 8. The van der Waals surface area contributed by atoms with Crippen LogP contribution < -0.4 is 5.32 Å². The molecule has 0 spiro atoms. The minimum Gasteiger partial charge on any atom is -0.465 e. The molecule has 7 nitrogen and oxygen atoms in total. The molecule has 0 unspecified atom stereocenters. The van der Waals surface area contributed by atoms with Gasteiger partial charge in [0.25, 0.3) is 0 Å². The molecule has 0 saturated heterocycles. The molecule has 1 atom stereocenters. The summed E-state index contributed by atoms with van der Waals surface area (Å²) >= 11 is 2.83. The summed E-state index contributed by atoms with van der Waals surface area (Å²) < 4.78 is 5.54. The maximum atomic E-state index is 12.8. The van der Waals surface area contributed by atoms with E-state index in [1.165, 1.54) is 43.1 Å². The number of ketones is 1. The van der Waals surface area contributed by atoms with Crippen molar-refractivity contribution in [3.05, 3.63) is 22.5 Å². The first-order chi connectivity index (χ1) is 11.9. The van der Waals surface area contributed by atoms with Gasteiger partial charge >= 0.3 is 5.97 Å². The summed E-state index contributed by atoms with van der Waals surface area (Å²) in [6.07, 6.45) is 2.34. The van der Waals surface area contributed by atoms with Crippen molar-refractivity contribution in [1.82, 2.24) is 15.2 Å². The number of aromatic nitrogens is 3. The Bertz CT molecular complexity index is 810. The molecule has 1 fully saturated rings. The number of esters is 1. The van der Waals surface area contributed by atoms with E-state index in [4.69, 9.17) is 4.74 Å². The van der Waals surface area contributed by atoms with Crippen LogP contribution in [0.5, 0.6) is 0 Å². The van der Waals surface area contributed by atoms with Gasteiger partial charge < -0.3 is 15.0 Å². The van der Waals surface area contributed by atoms with E-state index in [1.54, 1.807) is 13.8 Å². The van der Waals surface area contributed by atoms with Crippen LogP contribution in [0.4, 0.5) is 5.13 Å². The second-order valence-corrected chi connectivity index (χ2v) is 8.60. The van der Waals surface area contributed by atoms with Gasteiger partial charge in [0.05, 0.1) is 23.6 Å². The predicted octanol–water partition coefficient (Wildman–Crippen LogP) is 3.21. The number of nitrogens with zero attached hydrogens (tertiary/aromatic N) is 2. The van der Waals surface area contributed by atoms with Crippen molar-refractivity contribution in [2.45, 2.75) is 49.2 Å². The summed E-state index contributed by atoms with van der Waals surface area (Å²) in [6.45, 7) is 5.34. The highest BCUT2D eigenvalue weighted by Gasteiger charge is 2.27. The van der Waals surface area contributed by atoms with Crippen molar-refractivity contribution in [3.63, 3.8) is 0 Å². The fraction of sp³-hybridized carbons (Fsp3) is 0.500. The maximum absolute atomic E-state index is 12.8. The smallest absolute Gasteiger partial charge is 0.339 e. The summed E-state index contributed by atoms with van der Waals surface area (Å²) in [4.78, 5) is 27.7. The Kier molecular flexibility index (Phi) is 5.14.